The summed E-state index contributed by atoms with van der Waals surface area (Å²) in [6.07, 6.45) is 4.62. The van der Waals surface area contributed by atoms with Crippen molar-refractivity contribution in [2.75, 3.05) is 6.61 Å². The van der Waals surface area contributed by atoms with Crippen LogP contribution in [0.15, 0.2) is 86.8 Å². The van der Waals surface area contributed by atoms with Crippen LogP contribution in [0.1, 0.15) is 19.1 Å². The van der Waals surface area contributed by atoms with Crippen molar-refractivity contribution in [1.29, 1.82) is 0 Å². The van der Waals surface area contributed by atoms with Crippen LogP contribution in [0.4, 0.5) is 0 Å². The highest BCUT2D eigenvalue weighted by atomic mass is 16.5. The van der Waals surface area contributed by atoms with Gasteiger partial charge >= 0.3 is 0 Å². The first-order valence-corrected chi connectivity index (χ1v) is 10.2. The number of benzene rings is 2. The van der Waals surface area contributed by atoms with Crippen molar-refractivity contribution in [1.82, 2.24) is 5.32 Å². The van der Waals surface area contributed by atoms with Crippen LogP contribution in [0.3, 0.4) is 0 Å². The highest BCUT2D eigenvalue weighted by molar-refractivity contribution is 5.83. The van der Waals surface area contributed by atoms with Crippen molar-refractivity contribution in [3.05, 3.63) is 89.2 Å². The predicted molar refractivity (Wildman–Crippen MR) is 118 cm³/mol. The molecule has 1 amide bonds. The lowest BCUT2D eigenvalue weighted by Crippen LogP contribution is -2.36. The molecule has 0 aliphatic rings. The molecule has 2 aromatic carbocycles. The Bertz CT molecular complexity index is 1210. The van der Waals surface area contributed by atoms with Gasteiger partial charge in [-0.25, -0.2) is 0 Å². The van der Waals surface area contributed by atoms with Crippen LogP contribution in [0.2, 0.25) is 0 Å². The number of carbonyl (C=O) groups excluding carboxylic acids is 1. The van der Waals surface area contributed by atoms with Crippen LogP contribution in [0.25, 0.3) is 22.1 Å². The van der Waals surface area contributed by atoms with Crippen LogP contribution in [-0.2, 0) is 11.2 Å². The number of hydrogen-bond acceptors (Lipinski definition) is 5. The SMILES string of the molecule is CC(CCc1ccco1)NC(=O)COc1ccc2c(=O)c(-c3ccccc3)coc2c1. The van der Waals surface area contributed by atoms with Gasteiger partial charge in [-0.3, -0.25) is 9.59 Å². The van der Waals surface area contributed by atoms with Gasteiger partial charge < -0.3 is 18.9 Å². The fraction of sp³-hybridized carbons (Fsp3) is 0.200. The molecule has 158 valence electrons. The van der Waals surface area contributed by atoms with E-state index in [2.05, 4.69) is 5.32 Å². The molecule has 0 aliphatic heterocycles. The molecule has 0 radical (unpaired) electrons. The van der Waals surface area contributed by atoms with E-state index in [1.165, 1.54) is 6.26 Å². The highest BCUT2D eigenvalue weighted by Gasteiger charge is 2.12. The first-order valence-electron chi connectivity index (χ1n) is 10.2. The molecule has 4 aromatic rings. The number of rotatable bonds is 8. The number of aryl methyl sites for hydroxylation is 1. The Kier molecular flexibility index (Phi) is 6.17. The van der Waals surface area contributed by atoms with Gasteiger partial charge in [-0.2, -0.15) is 0 Å². The van der Waals surface area contributed by atoms with Gasteiger partial charge in [-0.1, -0.05) is 30.3 Å². The number of furan rings is 1. The highest BCUT2D eigenvalue weighted by Crippen LogP contribution is 2.23. The largest absolute Gasteiger partial charge is 0.484 e. The minimum Gasteiger partial charge on any atom is -0.484 e. The Balaban J connectivity index is 1.36. The molecule has 0 saturated heterocycles. The van der Waals surface area contributed by atoms with Crippen LogP contribution in [0, 0.1) is 0 Å². The molecule has 2 heterocycles. The smallest absolute Gasteiger partial charge is 0.258 e. The normalized spacial score (nSPS) is 11.9. The summed E-state index contributed by atoms with van der Waals surface area (Å²) in [5.74, 6) is 1.14. The summed E-state index contributed by atoms with van der Waals surface area (Å²) in [7, 11) is 0. The second-order valence-corrected chi connectivity index (χ2v) is 7.38. The third kappa shape index (κ3) is 5.04. The molecule has 0 spiro atoms. The lowest BCUT2D eigenvalue weighted by atomic mass is 10.1. The molecular weight excluding hydrogens is 394 g/mol. The number of carbonyl (C=O) groups is 1. The summed E-state index contributed by atoms with van der Waals surface area (Å²) in [6.45, 7) is 1.82. The molecule has 31 heavy (non-hydrogen) atoms. The summed E-state index contributed by atoms with van der Waals surface area (Å²) in [5, 5.41) is 3.37. The summed E-state index contributed by atoms with van der Waals surface area (Å²) in [4.78, 5) is 25.0. The first kappa shape index (κ1) is 20.5. The third-order valence-corrected chi connectivity index (χ3v) is 5.01. The molecule has 6 heteroatoms. The van der Waals surface area contributed by atoms with Crippen molar-refractivity contribution in [3.8, 4) is 16.9 Å². The fourth-order valence-corrected chi connectivity index (χ4v) is 3.37. The molecule has 2 aromatic heterocycles. The lowest BCUT2D eigenvalue weighted by molar-refractivity contribution is -0.123. The standard InChI is InChI=1S/C25H23NO5/c1-17(9-10-19-8-5-13-29-19)26-24(27)16-30-20-11-12-21-23(14-20)31-15-22(25(21)28)18-6-3-2-4-7-18/h2-8,11-15,17H,9-10,16H2,1H3,(H,26,27). The number of nitrogens with one attached hydrogen (secondary N) is 1. The molecule has 1 N–H and O–H groups in total. The second-order valence-electron chi connectivity index (χ2n) is 7.38. The molecule has 4 rings (SSSR count). The van der Waals surface area contributed by atoms with E-state index in [-0.39, 0.29) is 24.0 Å². The quantitative estimate of drug-likeness (QED) is 0.454. The average molecular weight is 417 g/mol. The zero-order chi connectivity index (χ0) is 21.6. The number of hydrogen-bond donors (Lipinski definition) is 1. The van der Waals surface area contributed by atoms with E-state index >= 15 is 0 Å². The van der Waals surface area contributed by atoms with Crippen LogP contribution in [-0.4, -0.2) is 18.6 Å². The summed E-state index contributed by atoms with van der Waals surface area (Å²) in [5.41, 5.74) is 1.61. The Morgan fingerprint density at radius 2 is 1.90 bits per heavy atom. The number of ether oxygens (including phenoxy) is 1. The van der Waals surface area contributed by atoms with Gasteiger partial charge in [-0.15, -0.1) is 0 Å². The van der Waals surface area contributed by atoms with Crippen molar-refractivity contribution >= 4 is 16.9 Å². The Morgan fingerprint density at radius 1 is 1.06 bits per heavy atom. The maximum Gasteiger partial charge on any atom is 0.258 e. The van der Waals surface area contributed by atoms with Gasteiger partial charge in [0, 0.05) is 18.5 Å². The molecule has 0 fully saturated rings. The molecule has 1 atom stereocenters. The van der Waals surface area contributed by atoms with E-state index < -0.39 is 0 Å². The lowest BCUT2D eigenvalue weighted by Gasteiger charge is -2.14. The van der Waals surface area contributed by atoms with Gasteiger partial charge in [0.15, 0.2) is 12.0 Å². The third-order valence-electron chi connectivity index (χ3n) is 5.01. The molecule has 0 bridgehead atoms. The van der Waals surface area contributed by atoms with Gasteiger partial charge in [-0.05, 0) is 43.2 Å². The van der Waals surface area contributed by atoms with Crippen LogP contribution < -0.4 is 15.5 Å². The van der Waals surface area contributed by atoms with Crippen molar-refractivity contribution in [2.45, 2.75) is 25.8 Å². The summed E-state index contributed by atoms with van der Waals surface area (Å²) >= 11 is 0. The molecule has 1 unspecified atom stereocenters. The second kappa shape index (κ2) is 9.34. The zero-order valence-corrected chi connectivity index (χ0v) is 17.2. The van der Waals surface area contributed by atoms with Crippen LogP contribution in [0.5, 0.6) is 5.75 Å². The molecule has 0 aliphatic carbocycles. The maximum absolute atomic E-state index is 12.8. The number of fused-ring (bicyclic) bond motifs is 1. The van der Waals surface area contributed by atoms with Gasteiger partial charge in [0.1, 0.15) is 23.4 Å². The fourth-order valence-electron chi connectivity index (χ4n) is 3.37. The maximum atomic E-state index is 12.8. The first-order chi connectivity index (χ1) is 15.1. The minimum absolute atomic E-state index is 0.00719. The number of amides is 1. The van der Waals surface area contributed by atoms with Crippen molar-refractivity contribution in [3.63, 3.8) is 0 Å². The average Bonchev–Trinajstić information content (AvgIpc) is 3.31. The van der Waals surface area contributed by atoms with E-state index in [1.54, 1.807) is 24.5 Å². The van der Waals surface area contributed by atoms with E-state index in [0.29, 0.717) is 22.3 Å². The Labute approximate surface area is 179 Å². The van der Waals surface area contributed by atoms with Gasteiger partial charge in [0.2, 0.25) is 0 Å². The van der Waals surface area contributed by atoms with E-state index in [9.17, 15) is 9.59 Å². The molecular formula is C25H23NO5. The minimum atomic E-state index is -0.215. The van der Waals surface area contributed by atoms with E-state index in [0.717, 1.165) is 24.2 Å². The summed E-state index contributed by atoms with van der Waals surface area (Å²) < 4.78 is 16.6. The molecule has 6 nitrogen and oxygen atoms in total. The zero-order valence-electron chi connectivity index (χ0n) is 17.2. The predicted octanol–water partition coefficient (Wildman–Crippen LogP) is 4.57. The van der Waals surface area contributed by atoms with Gasteiger partial charge in [0.05, 0.1) is 17.2 Å². The Morgan fingerprint density at radius 3 is 2.68 bits per heavy atom. The summed E-state index contributed by atoms with van der Waals surface area (Å²) in [6, 6.07) is 18.1. The van der Waals surface area contributed by atoms with Gasteiger partial charge in [0.25, 0.3) is 5.91 Å². The monoisotopic (exact) mass is 417 g/mol. The molecule has 0 saturated carbocycles. The van der Waals surface area contributed by atoms with Crippen molar-refractivity contribution < 1.29 is 18.4 Å². The topological polar surface area (TPSA) is 81.7 Å². The van der Waals surface area contributed by atoms with E-state index in [1.807, 2.05) is 49.4 Å². The van der Waals surface area contributed by atoms with Crippen molar-refractivity contribution in [2.24, 2.45) is 0 Å². The Hall–Kier alpha value is -3.80. The van der Waals surface area contributed by atoms with Crippen LogP contribution >= 0.6 is 0 Å². The van der Waals surface area contributed by atoms with E-state index in [4.69, 9.17) is 13.6 Å².